The second kappa shape index (κ2) is 31.0. The number of thioether (sulfide) groups is 1. The summed E-state index contributed by atoms with van der Waals surface area (Å²) in [5.41, 5.74) is 0.844. The number of methoxy groups -OCH3 is 3. The number of nitrogens with zero attached hydrogens (tertiary/aromatic N) is 4. The number of hydrogen-bond acceptors (Lipinski definition) is 12. The molecule has 1 aromatic carbocycles. The maximum atomic E-state index is 14.7. The van der Waals surface area contributed by atoms with Crippen LogP contribution in [0.15, 0.2) is 24.3 Å². The van der Waals surface area contributed by atoms with Gasteiger partial charge in [0.05, 0.1) is 49.0 Å². The number of nitrogens with one attached hydrogen (secondary N) is 2. The Bertz CT molecular complexity index is 2100. The van der Waals surface area contributed by atoms with Crippen LogP contribution in [0, 0.1) is 29.1 Å². The molecule has 0 radical (unpaired) electrons. The molecule has 0 spiro atoms. The molecular formula is C57H94N6O12S. The summed E-state index contributed by atoms with van der Waals surface area (Å²) >= 11 is 1.56. The number of aliphatic carboxylic acids is 1. The average molecular weight is 1090 g/mol. The predicted molar refractivity (Wildman–Crippen MR) is 295 cm³/mol. The van der Waals surface area contributed by atoms with Gasteiger partial charge in [-0.3, -0.25) is 38.5 Å². The van der Waals surface area contributed by atoms with Crippen LogP contribution < -0.4 is 15.4 Å². The van der Waals surface area contributed by atoms with Crippen molar-refractivity contribution in [1.29, 1.82) is 0 Å². The van der Waals surface area contributed by atoms with Crippen LogP contribution in [-0.4, -0.2) is 174 Å². The Morgan fingerprint density at radius 2 is 1.54 bits per heavy atom. The van der Waals surface area contributed by atoms with Gasteiger partial charge in [0.1, 0.15) is 23.9 Å². The third kappa shape index (κ3) is 18.4. The number of imide groups is 1. The summed E-state index contributed by atoms with van der Waals surface area (Å²) in [5, 5.41) is 15.4. The van der Waals surface area contributed by atoms with Gasteiger partial charge in [-0.15, -0.1) is 11.8 Å². The third-order valence-electron chi connectivity index (χ3n) is 15.3. The predicted octanol–water partition coefficient (Wildman–Crippen LogP) is 6.60. The molecule has 3 N–H and O–H groups in total. The molecule has 2 aliphatic rings. The lowest BCUT2D eigenvalue weighted by Gasteiger charge is -2.41. The summed E-state index contributed by atoms with van der Waals surface area (Å²) in [7, 11) is 7.72. The first-order valence-corrected chi connectivity index (χ1v) is 28.6. The number of hydrogen-bond donors (Lipinski definition) is 3. The quantitative estimate of drug-likeness (QED) is 0.0512. The summed E-state index contributed by atoms with van der Waals surface area (Å²) in [6, 6.07) is 2.81. The second-order valence-corrected chi connectivity index (χ2v) is 24.2. The van der Waals surface area contributed by atoms with E-state index in [1.807, 2.05) is 41.5 Å². The average Bonchev–Trinajstić information content (AvgIpc) is 3.96. The number of carboxylic acids is 1. The van der Waals surface area contributed by atoms with Gasteiger partial charge in [0.2, 0.25) is 41.4 Å². The first-order chi connectivity index (χ1) is 35.7. The molecule has 76 heavy (non-hydrogen) atoms. The number of likely N-dealkylation sites (N-methyl/N-ethyl adjacent to an activating group) is 2. The maximum Gasteiger partial charge on any atom is 0.326 e. The Morgan fingerprint density at radius 3 is 2.12 bits per heavy atom. The van der Waals surface area contributed by atoms with E-state index in [-0.39, 0.29) is 83.6 Å². The van der Waals surface area contributed by atoms with Crippen LogP contribution in [0.4, 0.5) is 0 Å². The molecule has 6 unspecified atom stereocenters. The number of likely N-dealkylation sites (tertiary alicyclic amines) is 2. The van der Waals surface area contributed by atoms with Crippen LogP contribution in [0.25, 0.3) is 0 Å². The van der Waals surface area contributed by atoms with E-state index in [1.165, 1.54) is 31.1 Å². The minimum Gasteiger partial charge on any atom is -0.496 e. The van der Waals surface area contributed by atoms with E-state index in [0.717, 1.165) is 18.6 Å². The standard InChI is InChI=1S/C57H94N6O12S/c1-16-37(6)50(43(74-14)33-46(65)62-30-22-25-41(62)51(75-15)38(7)52(67)58-40(56(71)72)32-39-24-19-20-26-42(39)73-13)61(12)55(70)48(35(2)3)59-53(68)49(36(4)5)60(11)45(64)27-18-17-21-29-63-47(66)34-44(54(63)69)76-31-23-28-57(8,9)10/h19-20,24,26,35-38,40-41,43-44,48-51H,16-18,21-23,25,27-34H2,1-15H3,(H,58,67)(H,59,68)(H,71,72)/t37-,38+,40?,41-,43?,44?,48-,49?,50?,51?/m0/s1. The Morgan fingerprint density at radius 1 is 0.868 bits per heavy atom. The molecule has 2 heterocycles. The molecular weight excluding hydrogens is 993 g/mol. The lowest BCUT2D eigenvalue weighted by atomic mass is 9.89. The van der Waals surface area contributed by atoms with Crippen LogP contribution in [0.1, 0.15) is 145 Å². The third-order valence-corrected chi connectivity index (χ3v) is 16.6. The molecule has 2 fully saturated rings. The van der Waals surface area contributed by atoms with E-state index < -0.39 is 66.1 Å². The van der Waals surface area contributed by atoms with Gasteiger partial charge in [-0.05, 0) is 79.1 Å². The lowest BCUT2D eigenvalue weighted by molar-refractivity contribution is -0.149. The molecule has 0 aromatic heterocycles. The highest BCUT2D eigenvalue weighted by atomic mass is 32.2. The Balaban J connectivity index is 1.66. The summed E-state index contributed by atoms with van der Waals surface area (Å²) in [5.74, 6) is -3.62. The van der Waals surface area contributed by atoms with E-state index in [0.29, 0.717) is 62.9 Å². The van der Waals surface area contributed by atoms with Gasteiger partial charge in [0.15, 0.2) is 0 Å². The molecule has 430 valence electrons. The molecule has 19 heteroatoms. The molecule has 10 atom stereocenters. The van der Waals surface area contributed by atoms with Gasteiger partial charge in [-0.25, -0.2) is 4.79 Å². The van der Waals surface area contributed by atoms with Gasteiger partial charge in [-0.2, -0.15) is 0 Å². The van der Waals surface area contributed by atoms with Crippen molar-refractivity contribution in [1.82, 2.24) is 30.2 Å². The number of amides is 7. The van der Waals surface area contributed by atoms with Crippen molar-refractivity contribution in [2.45, 2.75) is 194 Å². The molecule has 2 aliphatic heterocycles. The number of carbonyl (C=O) groups excluding carboxylic acids is 7. The molecule has 18 nitrogen and oxygen atoms in total. The maximum absolute atomic E-state index is 14.7. The van der Waals surface area contributed by atoms with Crippen molar-refractivity contribution < 1.29 is 57.7 Å². The van der Waals surface area contributed by atoms with E-state index in [9.17, 15) is 43.5 Å². The van der Waals surface area contributed by atoms with Crippen molar-refractivity contribution in [3.8, 4) is 5.75 Å². The highest BCUT2D eigenvalue weighted by Gasteiger charge is 2.44. The topological polar surface area (TPSA) is 222 Å². The summed E-state index contributed by atoms with van der Waals surface area (Å²) < 4.78 is 17.4. The lowest BCUT2D eigenvalue weighted by Crippen LogP contribution is -2.60. The van der Waals surface area contributed by atoms with Crippen LogP contribution >= 0.6 is 11.8 Å². The molecule has 3 rings (SSSR count). The highest BCUT2D eigenvalue weighted by molar-refractivity contribution is 8.00. The first kappa shape index (κ1) is 65.5. The van der Waals surface area contributed by atoms with Crippen molar-refractivity contribution in [3.63, 3.8) is 0 Å². The number of para-hydroxylation sites is 1. The zero-order chi connectivity index (χ0) is 57.2. The highest BCUT2D eigenvalue weighted by Crippen LogP contribution is 2.32. The largest absolute Gasteiger partial charge is 0.496 e. The van der Waals surface area contributed by atoms with Gasteiger partial charge >= 0.3 is 5.97 Å². The van der Waals surface area contributed by atoms with Crippen LogP contribution in [0.5, 0.6) is 5.75 Å². The van der Waals surface area contributed by atoms with E-state index >= 15 is 0 Å². The summed E-state index contributed by atoms with van der Waals surface area (Å²) in [4.78, 5) is 115. The fraction of sp³-hybridized carbons (Fsp3) is 0.754. The van der Waals surface area contributed by atoms with E-state index in [4.69, 9.17) is 14.2 Å². The van der Waals surface area contributed by atoms with Gasteiger partial charge in [-0.1, -0.05) is 100 Å². The van der Waals surface area contributed by atoms with Gasteiger partial charge in [0, 0.05) is 60.7 Å². The van der Waals surface area contributed by atoms with Crippen molar-refractivity contribution in [2.75, 3.05) is 54.3 Å². The van der Waals surface area contributed by atoms with Gasteiger partial charge < -0.3 is 44.7 Å². The smallest absolute Gasteiger partial charge is 0.326 e. The fourth-order valence-electron chi connectivity index (χ4n) is 10.7. The number of benzene rings is 1. The number of ether oxygens (including phenoxy) is 3. The van der Waals surface area contributed by atoms with Crippen LogP contribution in [-0.2, 0) is 54.3 Å². The van der Waals surface area contributed by atoms with E-state index in [2.05, 4.69) is 31.4 Å². The Kier molecular flexibility index (Phi) is 26.7. The summed E-state index contributed by atoms with van der Waals surface area (Å²) in [6.45, 7) is 20.3. The number of unbranched alkanes of at least 4 members (excludes halogenated alkanes) is 2. The number of rotatable bonds is 32. The molecule has 7 amide bonds. The zero-order valence-corrected chi connectivity index (χ0v) is 49.3. The van der Waals surface area contributed by atoms with Crippen molar-refractivity contribution in [2.24, 2.45) is 29.1 Å². The molecule has 0 saturated carbocycles. The van der Waals surface area contributed by atoms with E-state index in [1.54, 1.807) is 66.8 Å². The first-order valence-electron chi connectivity index (χ1n) is 27.5. The number of carbonyl (C=O) groups is 8. The Labute approximate surface area is 458 Å². The summed E-state index contributed by atoms with van der Waals surface area (Å²) in [6.07, 6.45) is 4.35. The van der Waals surface area contributed by atoms with Crippen LogP contribution in [0.3, 0.4) is 0 Å². The number of carboxylic acid groups (broad SMARTS) is 1. The van der Waals surface area contributed by atoms with Gasteiger partial charge in [0.25, 0.3) is 0 Å². The minimum atomic E-state index is -1.25. The fourth-order valence-corrected chi connectivity index (χ4v) is 11.8. The monoisotopic (exact) mass is 1090 g/mol. The molecule has 1 aromatic rings. The Hall–Kier alpha value is -4.75. The minimum absolute atomic E-state index is 0.00527. The SMILES string of the molecule is CC[C@H](C)C(C(CC(=O)N1CCC[C@H]1C(OC)[C@@H](C)C(=O)NC(Cc1ccccc1OC)C(=O)O)OC)N(C)C(=O)[C@@H](NC(=O)C(C(C)C)N(C)C(=O)CCCCCN1C(=O)CC(SCCCC(C)(C)C)C1=O)C(C)C. The molecule has 2 saturated heterocycles. The normalized spacial score (nSPS) is 19.2. The zero-order valence-electron chi connectivity index (χ0n) is 48.5. The molecule has 0 aliphatic carbocycles. The van der Waals surface area contributed by atoms with Crippen molar-refractivity contribution >= 4 is 59.1 Å². The van der Waals surface area contributed by atoms with Crippen LogP contribution in [0.2, 0.25) is 0 Å². The second-order valence-electron chi connectivity index (χ2n) is 22.9. The molecule has 0 bridgehead atoms. The van der Waals surface area contributed by atoms with Crippen molar-refractivity contribution in [3.05, 3.63) is 29.8 Å².